The molecule has 0 aliphatic carbocycles. The van der Waals surface area contributed by atoms with Gasteiger partial charge in [0.05, 0.1) is 24.3 Å². The van der Waals surface area contributed by atoms with E-state index in [-0.39, 0.29) is 6.42 Å². The second-order valence-corrected chi connectivity index (χ2v) is 5.16. The lowest BCUT2D eigenvalue weighted by molar-refractivity contribution is -0.142. The van der Waals surface area contributed by atoms with Crippen LogP contribution in [0.4, 0.5) is 8.78 Å². The van der Waals surface area contributed by atoms with Crippen molar-refractivity contribution >= 4 is 11.9 Å². The van der Waals surface area contributed by atoms with Crippen molar-refractivity contribution < 1.29 is 23.1 Å². The predicted molar refractivity (Wildman–Crippen MR) is 84.5 cm³/mol. The standard InChI is InChI=1S/C18H14F2N2O3/c1-25-18(24)15(9-11-5-7-12(10-21)8-6-11)22-17(23)13-3-2-4-14(19)16(13)20/h2-8,15H,9H2,1H3,(H,22,23)/t15-/m1/s1. The van der Waals surface area contributed by atoms with Crippen molar-refractivity contribution in [1.82, 2.24) is 5.32 Å². The Labute approximate surface area is 142 Å². The minimum Gasteiger partial charge on any atom is -0.467 e. The first-order valence-corrected chi connectivity index (χ1v) is 7.28. The summed E-state index contributed by atoms with van der Waals surface area (Å²) in [6, 6.07) is 10.5. The number of nitrogens with zero attached hydrogens (tertiary/aromatic N) is 1. The molecule has 0 bridgehead atoms. The highest BCUT2D eigenvalue weighted by Gasteiger charge is 2.24. The number of carbonyl (C=O) groups excluding carboxylic acids is 2. The Balaban J connectivity index is 2.19. The zero-order valence-corrected chi connectivity index (χ0v) is 13.3. The molecule has 0 aromatic heterocycles. The van der Waals surface area contributed by atoms with Gasteiger partial charge in [0, 0.05) is 6.42 Å². The summed E-state index contributed by atoms with van der Waals surface area (Å²) in [7, 11) is 1.16. The number of esters is 1. The third-order valence-corrected chi connectivity index (χ3v) is 3.51. The van der Waals surface area contributed by atoms with Gasteiger partial charge < -0.3 is 10.1 Å². The molecule has 2 aromatic carbocycles. The summed E-state index contributed by atoms with van der Waals surface area (Å²) in [5, 5.41) is 11.1. The number of amides is 1. The van der Waals surface area contributed by atoms with Crippen molar-refractivity contribution in [1.29, 1.82) is 5.26 Å². The lowest BCUT2D eigenvalue weighted by Crippen LogP contribution is -2.43. The monoisotopic (exact) mass is 344 g/mol. The molecule has 0 unspecified atom stereocenters. The minimum atomic E-state index is -1.29. The average molecular weight is 344 g/mol. The summed E-state index contributed by atoms with van der Waals surface area (Å²) in [6.45, 7) is 0. The highest BCUT2D eigenvalue weighted by atomic mass is 19.2. The van der Waals surface area contributed by atoms with E-state index in [0.717, 1.165) is 19.2 Å². The summed E-state index contributed by atoms with van der Waals surface area (Å²) in [5.41, 5.74) is 0.604. The first-order chi connectivity index (χ1) is 12.0. The third kappa shape index (κ3) is 4.38. The highest BCUT2D eigenvalue weighted by Crippen LogP contribution is 2.13. The molecule has 0 saturated heterocycles. The quantitative estimate of drug-likeness (QED) is 0.845. The van der Waals surface area contributed by atoms with Gasteiger partial charge in [-0.05, 0) is 29.8 Å². The number of hydrogen-bond acceptors (Lipinski definition) is 4. The van der Waals surface area contributed by atoms with Crippen LogP contribution in [0.3, 0.4) is 0 Å². The molecule has 1 amide bonds. The van der Waals surface area contributed by atoms with Crippen LogP contribution in [0.15, 0.2) is 42.5 Å². The first kappa shape index (κ1) is 18.1. The molecular weight excluding hydrogens is 330 g/mol. The topological polar surface area (TPSA) is 79.2 Å². The Bertz CT molecular complexity index is 829. The van der Waals surface area contributed by atoms with Crippen LogP contribution in [0, 0.1) is 23.0 Å². The number of carbonyl (C=O) groups is 2. The average Bonchev–Trinajstić information content (AvgIpc) is 2.63. The predicted octanol–water partition coefficient (Wildman–Crippen LogP) is 2.35. The molecule has 25 heavy (non-hydrogen) atoms. The Morgan fingerprint density at radius 3 is 2.48 bits per heavy atom. The maximum Gasteiger partial charge on any atom is 0.328 e. The van der Waals surface area contributed by atoms with E-state index < -0.39 is 35.1 Å². The molecule has 1 atom stereocenters. The molecule has 128 valence electrons. The molecule has 2 aromatic rings. The van der Waals surface area contributed by atoms with E-state index in [1.807, 2.05) is 6.07 Å². The molecule has 5 nitrogen and oxygen atoms in total. The molecule has 7 heteroatoms. The maximum atomic E-state index is 13.7. The van der Waals surface area contributed by atoms with E-state index in [2.05, 4.69) is 10.1 Å². The molecule has 0 heterocycles. The van der Waals surface area contributed by atoms with Gasteiger partial charge in [-0.15, -0.1) is 0 Å². The van der Waals surface area contributed by atoms with E-state index in [4.69, 9.17) is 5.26 Å². The van der Waals surface area contributed by atoms with Crippen LogP contribution in [0.2, 0.25) is 0 Å². The van der Waals surface area contributed by atoms with Crippen LogP contribution in [0.5, 0.6) is 0 Å². The number of hydrogen-bond donors (Lipinski definition) is 1. The van der Waals surface area contributed by atoms with Gasteiger partial charge in [-0.2, -0.15) is 5.26 Å². The number of rotatable bonds is 5. The van der Waals surface area contributed by atoms with Crippen molar-refractivity contribution in [2.24, 2.45) is 0 Å². The Hall–Kier alpha value is -3.27. The number of halogens is 2. The number of nitrogens with one attached hydrogen (secondary N) is 1. The van der Waals surface area contributed by atoms with Crippen LogP contribution in [-0.4, -0.2) is 25.0 Å². The molecule has 0 spiro atoms. The number of ether oxygens (including phenoxy) is 1. The molecular formula is C18H14F2N2O3. The summed E-state index contributed by atoms with van der Waals surface area (Å²) in [6.07, 6.45) is 0.0705. The van der Waals surface area contributed by atoms with Crippen molar-refractivity contribution in [3.05, 3.63) is 70.8 Å². The Morgan fingerprint density at radius 2 is 1.88 bits per heavy atom. The van der Waals surface area contributed by atoms with Gasteiger partial charge in [0.1, 0.15) is 6.04 Å². The molecule has 1 N–H and O–H groups in total. The van der Waals surface area contributed by atoms with Gasteiger partial charge in [-0.3, -0.25) is 4.79 Å². The molecule has 0 aliphatic rings. The summed E-state index contributed by atoms with van der Waals surface area (Å²) >= 11 is 0. The maximum absolute atomic E-state index is 13.7. The van der Waals surface area contributed by atoms with Crippen molar-refractivity contribution in [2.75, 3.05) is 7.11 Å². The fraction of sp³-hybridized carbons (Fsp3) is 0.167. The molecule has 2 rings (SSSR count). The van der Waals surface area contributed by atoms with Gasteiger partial charge in [0.2, 0.25) is 0 Å². The fourth-order valence-corrected chi connectivity index (χ4v) is 2.20. The van der Waals surface area contributed by atoms with E-state index in [9.17, 15) is 18.4 Å². The van der Waals surface area contributed by atoms with Gasteiger partial charge in [-0.1, -0.05) is 18.2 Å². The fourth-order valence-electron chi connectivity index (χ4n) is 2.20. The minimum absolute atomic E-state index is 0.0705. The van der Waals surface area contributed by atoms with Crippen molar-refractivity contribution in [3.8, 4) is 6.07 Å². The Morgan fingerprint density at radius 1 is 1.20 bits per heavy atom. The number of nitriles is 1. The molecule has 0 radical (unpaired) electrons. The first-order valence-electron chi connectivity index (χ1n) is 7.28. The van der Waals surface area contributed by atoms with Crippen LogP contribution < -0.4 is 5.32 Å². The SMILES string of the molecule is COC(=O)[C@@H](Cc1ccc(C#N)cc1)NC(=O)c1cccc(F)c1F. The number of methoxy groups -OCH3 is 1. The van der Waals surface area contributed by atoms with Gasteiger partial charge in [0.15, 0.2) is 11.6 Å². The molecule has 0 aliphatic heterocycles. The van der Waals surface area contributed by atoms with Gasteiger partial charge in [0.25, 0.3) is 5.91 Å². The Kier molecular flexibility index (Phi) is 5.79. The second kappa shape index (κ2) is 8.02. The molecule has 0 fully saturated rings. The summed E-state index contributed by atoms with van der Waals surface area (Å²) in [5.74, 6) is -4.10. The normalized spacial score (nSPS) is 11.3. The molecule has 0 saturated carbocycles. The summed E-state index contributed by atoms with van der Waals surface area (Å²) in [4.78, 5) is 24.1. The number of benzene rings is 2. The van der Waals surface area contributed by atoms with Crippen molar-refractivity contribution in [3.63, 3.8) is 0 Å². The highest BCUT2D eigenvalue weighted by molar-refractivity contribution is 5.97. The van der Waals surface area contributed by atoms with Crippen LogP contribution in [-0.2, 0) is 16.0 Å². The van der Waals surface area contributed by atoms with Crippen LogP contribution in [0.1, 0.15) is 21.5 Å². The van der Waals surface area contributed by atoms with E-state index in [1.54, 1.807) is 24.3 Å². The zero-order valence-electron chi connectivity index (χ0n) is 13.3. The van der Waals surface area contributed by atoms with E-state index in [0.29, 0.717) is 11.1 Å². The van der Waals surface area contributed by atoms with E-state index >= 15 is 0 Å². The van der Waals surface area contributed by atoms with Gasteiger partial charge in [-0.25, -0.2) is 13.6 Å². The zero-order chi connectivity index (χ0) is 18.4. The second-order valence-electron chi connectivity index (χ2n) is 5.16. The lowest BCUT2D eigenvalue weighted by Gasteiger charge is -2.17. The smallest absolute Gasteiger partial charge is 0.328 e. The summed E-state index contributed by atoms with van der Waals surface area (Å²) < 4.78 is 31.6. The van der Waals surface area contributed by atoms with E-state index in [1.165, 1.54) is 6.07 Å². The largest absolute Gasteiger partial charge is 0.467 e. The lowest BCUT2D eigenvalue weighted by atomic mass is 10.0. The van der Waals surface area contributed by atoms with Crippen LogP contribution >= 0.6 is 0 Å². The van der Waals surface area contributed by atoms with Crippen molar-refractivity contribution in [2.45, 2.75) is 12.5 Å². The van der Waals surface area contributed by atoms with Gasteiger partial charge >= 0.3 is 5.97 Å². The van der Waals surface area contributed by atoms with Crippen LogP contribution in [0.25, 0.3) is 0 Å². The third-order valence-electron chi connectivity index (χ3n) is 3.51.